The molecule has 5 nitrogen and oxygen atoms in total. The van der Waals surface area contributed by atoms with Gasteiger partial charge >= 0.3 is 5.69 Å². The summed E-state index contributed by atoms with van der Waals surface area (Å²) in [7, 11) is 0. The van der Waals surface area contributed by atoms with Crippen molar-refractivity contribution in [2.75, 3.05) is 13.1 Å². The molecule has 1 aliphatic heterocycles. The van der Waals surface area contributed by atoms with Gasteiger partial charge in [0.2, 0.25) is 0 Å². The van der Waals surface area contributed by atoms with Gasteiger partial charge in [0, 0.05) is 12.7 Å². The zero-order valence-electron chi connectivity index (χ0n) is 16.2. The van der Waals surface area contributed by atoms with Gasteiger partial charge in [-0.1, -0.05) is 36.4 Å². The van der Waals surface area contributed by atoms with E-state index in [-0.39, 0.29) is 24.1 Å². The first-order valence-electron chi connectivity index (χ1n) is 9.69. The van der Waals surface area contributed by atoms with Gasteiger partial charge < -0.3 is 5.32 Å². The summed E-state index contributed by atoms with van der Waals surface area (Å²) >= 11 is 0. The van der Waals surface area contributed by atoms with E-state index in [1.165, 1.54) is 5.56 Å². The molecule has 4 aromatic rings. The first-order chi connectivity index (χ1) is 13.7. The second kappa shape index (κ2) is 7.85. The van der Waals surface area contributed by atoms with E-state index in [1.54, 1.807) is 6.20 Å². The number of hydrogen-bond acceptors (Lipinski definition) is 3. The van der Waals surface area contributed by atoms with Crippen LogP contribution >= 0.6 is 12.4 Å². The summed E-state index contributed by atoms with van der Waals surface area (Å²) in [5.74, 6) is 0. The summed E-state index contributed by atoms with van der Waals surface area (Å²) in [4.78, 5) is 18.0. The number of imidazole rings is 1. The van der Waals surface area contributed by atoms with Gasteiger partial charge in [-0.05, 0) is 60.8 Å². The van der Waals surface area contributed by atoms with Crippen molar-refractivity contribution in [3.8, 4) is 16.8 Å². The van der Waals surface area contributed by atoms with Gasteiger partial charge in [0.05, 0.1) is 17.2 Å². The summed E-state index contributed by atoms with van der Waals surface area (Å²) in [5, 5.41) is 3.35. The predicted molar refractivity (Wildman–Crippen MR) is 119 cm³/mol. The maximum Gasteiger partial charge on any atom is 0.335 e. The number of nitrogens with zero attached hydrogens (tertiary/aromatic N) is 3. The van der Waals surface area contributed by atoms with Crippen LogP contribution in [0, 0.1) is 6.92 Å². The van der Waals surface area contributed by atoms with E-state index in [4.69, 9.17) is 0 Å². The van der Waals surface area contributed by atoms with Gasteiger partial charge in [0.25, 0.3) is 0 Å². The fourth-order valence-electron chi connectivity index (χ4n) is 4.19. The third kappa shape index (κ3) is 3.26. The van der Waals surface area contributed by atoms with Crippen LogP contribution < -0.4 is 11.0 Å². The molecule has 6 heteroatoms. The van der Waals surface area contributed by atoms with Crippen molar-refractivity contribution in [3.05, 3.63) is 82.9 Å². The molecule has 148 valence electrons. The van der Waals surface area contributed by atoms with E-state index >= 15 is 0 Å². The molecule has 0 spiro atoms. The van der Waals surface area contributed by atoms with Crippen molar-refractivity contribution >= 4 is 23.6 Å². The highest BCUT2D eigenvalue weighted by Gasteiger charge is 2.25. The zero-order valence-corrected chi connectivity index (χ0v) is 17.0. The molecule has 0 unspecified atom stereocenters. The number of aromatic nitrogens is 3. The molecule has 0 saturated carbocycles. The Morgan fingerprint density at radius 3 is 2.59 bits per heavy atom. The Bertz CT molecular complexity index is 1210. The molecule has 29 heavy (non-hydrogen) atoms. The maximum absolute atomic E-state index is 13.4. The molecule has 0 amide bonds. The number of rotatable bonds is 3. The van der Waals surface area contributed by atoms with Crippen LogP contribution in [0.15, 0.2) is 71.7 Å². The van der Waals surface area contributed by atoms with Gasteiger partial charge in [0.15, 0.2) is 5.65 Å². The number of nitrogens with one attached hydrogen (secondary N) is 1. The largest absolute Gasteiger partial charge is 0.335 e. The Labute approximate surface area is 175 Å². The van der Waals surface area contributed by atoms with E-state index in [9.17, 15) is 4.79 Å². The molecule has 2 aromatic carbocycles. The molecule has 0 aliphatic carbocycles. The van der Waals surface area contributed by atoms with E-state index < -0.39 is 0 Å². The molecule has 1 aliphatic rings. The second-order valence-corrected chi connectivity index (χ2v) is 7.35. The lowest BCUT2D eigenvalue weighted by Gasteiger charge is -2.11. The molecule has 3 heterocycles. The van der Waals surface area contributed by atoms with Crippen LogP contribution in [0.25, 0.3) is 28.0 Å². The first-order valence-corrected chi connectivity index (χ1v) is 9.69. The highest BCUT2D eigenvalue weighted by molar-refractivity contribution is 5.85. The van der Waals surface area contributed by atoms with Crippen LogP contribution in [0.5, 0.6) is 0 Å². The van der Waals surface area contributed by atoms with Crippen LogP contribution in [0.3, 0.4) is 0 Å². The molecule has 1 N–H and O–H groups in total. The molecule has 2 aromatic heterocycles. The van der Waals surface area contributed by atoms with Crippen LogP contribution in [0.1, 0.15) is 18.0 Å². The molecular formula is C23H23ClN4O. The Kier molecular flexibility index (Phi) is 5.26. The van der Waals surface area contributed by atoms with Gasteiger partial charge in [-0.15, -0.1) is 12.4 Å². The quantitative estimate of drug-likeness (QED) is 0.556. The monoisotopic (exact) mass is 406 g/mol. The van der Waals surface area contributed by atoms with Gasteiger partial charge in [-0.25, -0.2) is 9.78 Å². The lowest BCUT2D eigenvalue weighted by atomic mass is 10.0. The van der Waals surface area contributed by atoms with Crippen LogP contribution in [-0.2, 0) is 0 Å². The van der Waals surface area contributed by atoms with Crippen molar-refractivity contribution in [3.63, 3.8) is 0 Å². The SMILES string of the molecule is Cc1cc(-c2ccccc2)ccc1-n1c(=O)n([C@H]2CCNC2)c2ncccc21.Cl. The third-order valence-corrected chi connectivity index (χ3v) is 5.58. The summed E-state index contributed by atoms with van der Waals surface area (Å²) in [6, 6.07) is 20.6. The molecule has 1 saturated heterocycles. The smallest absolute Gasteiger partial charge is 0.315 e. The van der Waals surface area contributed by atoms with E-state index in [2.05, 4.69) is 41.5 Å². The summed E-state index contributed by atoms with van der Waals surface area (Å²) in [6.07, 6.45) is 2.71. The molecule has 1 atom stereocenters. The lowest BCUT2D eigenvalue weighted by Crippen LogP contribution is -2.28. The number of pyridine rings is 1. The first kappa shape index (κ1) is 19.4. The minimum absolute atomic E-state index is 0. The predicted octanol–water partition coefficient (Wildman–Crippen LogP) is 4.12. The van der Waals surface area contributed by atoms with Gasteiger partial charge in [0.1, 0.15) is 0 Å². The van der Waals surface area contributed by atoms with Gasteiger partial charge in [-0.2, -0.15) is 0 Å². The van der Waals surface area contributed by atoms with Crippen LogP contribution in [0.4, 0.5) is 0 Å². The average molecular weight is 407 g/mol. The normalized spacial score (nSPS) is 16.1. The number of halogens is 1. The Hall–Kier alpha value is -2.89. The third-order valence-electron chi connectivity index (χ3n) is 5.58. The fraction of sp³-hybridized carbons (Fsp3) is 0.217. The summed E-state index contributed by atoms with van der Waals surface area (Å²) in [5.41, 5.74) is 5.89. The van der Waals surface area contributed by atoms with Gasteiger partial charge in [-0.3, -0.25) is 9.13 Å². The molecule has 0 bridgehead atoms. The Morgan fingerprint density at radius 2 is 1.86 bits per heavy atom. The number of hydrogen-bond donors (Lipinski definition) is 1. The van der Waals surface area contributed by atoms with Crippen molar-refractivity contribution < 1.29 is 0 Å². The molecular weight excluding hydrogens is 384 g/mol. The minimum atomic E-state index is -0.0158. The topological polar surface area (TPSA) is 51.9 Å². The summed E-state index contributed by atoms with van der Waals surface area (Å²) in [6.45, 7) is 3.80. The maximum atomic E-state index is 13.4. The number of benzene rings is 2. The van der Waals surface area contributed by atoms with Crippen molar-refractivity contribution in [2.24, 2.45) is 0 Å². The molecule has 1 fully saturated rings. The fourth-order valence-corrected chi connectivity index (χ4v) is 4.19. The van der Waals surface area contributed by atoms with E-state index in [0.717, 1.165) is 47.5 Å². The second-order valence-electron chi connectivity index (χ2n) is 7.35. The minimum Gasteiger partial charge on any atom is -0.315 e. The standard InChI is InChI=1S/C23H22N4O.ClH/c1-16-14-18(17-6-3-2-4-7-17)9-10-20(16)27-21-8-5-12-25-22(21)26(23(27)28)19-11-13-24-15-19;/h2-10,12,14,19,24H,11,13,15H2,1H3;1H/t19-;/m0./s1. The Balaban J connectivity index is 0.00000205. The molecule has 0 radical (unpaired) electrons. The van der Waals surface area contributed by atoms with Crippen molar-refractivity contribution in [1.29, 1.82) is 0 Å². The van der Waals surface area contributed by atoms with Crippen molar-refractivity contribution in [2.45, 2.75) is 19.4 Å². The Morgan fingerprint density at radius 1 is 1.03 bits per heavy atom. The highest BCUT2D eigenvalue weighted by Crippen LogP contribution is 2.27. The summed E-state index contributed by atoms with van der Waals surface area (Å²) < 4.78 is 3.67. The van der Waals surface area contributed by atoms with Crippen molar-refractivity contribution in [1.82, 2.24) is 19.4 Å². The lowest BCUT2D eigenvalue weighted by molar-refractivity contribution is 0.537. The number of aryl methyl sites for hydroxylation is 1. The van der Waals surface area contributed by atoms with Crippen LogP contribution in [-0.4, -0.2) is 27.2 Å². The molecule has 5 rings (SSSR count). The van der Waals surface area contributed by atoms with E-state index in [0.29, 0.717) is 0 Å². The number of fused-ring (bicyclic) bond motifs is 1. The highest BCUT2D eigenvalue weighted by atomic mass is 35.5. The van der Waals surface area contributed by atoms with Crippen LogP contribution in [0.2, 0.25) is 0 Å². The average Bonchev–Trinajstić information content (AvgIpc) is 3.34. The zero-order chi connectivity index (χ0) is 19.1. The van der Waals surface area contributed by atoms with E-state index in [1.807, 2.05) is 45.5 Å².